The Morgan fingerprint density at radius 1 is 1.24 bits per heavy atom. The molecule has 0 unspecified atom stereocenters. The number of hydrogen-bond acceptors (Lipinski definition) is 4. The van der Waals surface area contributed by atoms with Gasteiger partial charge in [0.1, 0.15) is 6.61 Å². The molecule has 21 heavy (non-hydrogen) atoms. The van der Waals surface area contributed by atoms with Gasteiger partial charge in [-0.15, -0.1) is 0 Å². The quantitative estimate of drug-likeness (QED) is 0.730. The highest BCUT2D eigenvalue weighted by atomic mass is 16.5. The molecule has 5 heteroatoms. The summed E-state index contributed by atoms with van der Waals surface area (Å²) in [6.07, 6.45) is 1.77. The van der Waals surface area contributed by atoms with Crippen LogP contribution in [0.1, 0.15) is 5.56 Å². The second kappa shape index (κ2) is 7.71. The molecule has 0 atom stereocenters. The lowest BCUT2D eigenvalue weighted by Crippen LogP contribution is -2.30. The van der Waals surface area contributed by atoms with Gasteiger partial charge in [0.15, 0.2) is 0 Å². The Morgan fingerprint density at radius 3 is 2.90 bits per heavy atom. The fraction of sp³-hybridized carbons (Fsp3) is 0.375. The van der Waals surface area contributed by atoms with Crippen molar-refractivity contribution in [2.24, 2.45) is 0 Å². The monoisotopic (exact) mass is 288 g/mol. The number of nitrogens with zero attached hydrogens (tertiary/aromatic N) is 2. The molecule has 112 valence electrons. The van der Waals surface area contributed by atoms with Crippen LogP contribution in [0, 0.1) is 0 Å². The second-order valence-corrected chi connectivity index (χ2v) is 4.78. The summed E-state index contributed by atoms with van der Waals surface area (Å²) in [7, 11) is 3.38. The van der Waals surface area contributed by atoms with E-state index < -0.39 is 0 Å². The Balaban J connectivity index is 1.98. The summed E-state index contributed by atoms with van der Waals surface area (Å²) in [6, 6.07) is 9.86. The third-order valence-corrected chi connectivity index (χ3v) is 3.23. The van der Waals surface area contributed by atoms with Crippen LogP contribution >= 0.6 is 0 Å². The first kappa shape index (κ1) is 15.4. The SMILES string of the molecule is COCCOCC(=O)N(C)Cc1cccc2ncccc12. The summed E-state index contributed by atoms with van der Waals surface area (Å²) < 4.78 is 10.1. The van der Waals surface area contributed by atoms with Crippen molar-refractivity contribution < 1.29 is 14.3 Å². The van der Waals surface area contributed by atoms with Crippen LogP contribution in [0.5, 0.6) is 0 Å². The van der Waals surface area contributed by atoms with E-state index in [1.54, 1.807) is 25.3 Å². The van der Waals surface area contributed by atoms with E-state index in [0.717, 1.165) is 16.5 Å². The highest BCUT2D eigenvalue weighted by Crippen LogP contribution is 2.17. The van der Waals surface area contributed by atoms with E-state index in [1.807, 2.05) is 30.3 Å². The van der Waals surface area contributed by atoms with Crippen molar-refractivity contribution in [2.75, 3.05) is 34.0 Å². The molecule has 0 fully saturated rings. The zero-order valence-electron chi connectivity index (χ0n) is 12.4. The van der Waals surface area contributed by atoms with Gasteiger partial charge in [-0.05, 0) is 17.7 Å². The molecule has 0 aliphatic carbocycles. The van der Waals surface area contributed by atoms with Crippen LogP contribution < -0.4 is 0 Å². The van der Waals surface area contributed by atoms with E-state index in [1.165, 1.54) is 0 Å². The molecule has 0 bridgehead atoms. The molecule has 0 aliphatic rings. The number of rotatable bonds is 7. The molecule has 0 saturated carbocycles. The highest BCUT2D eigenvalue weighted by molar-refractivity contribution is 5.83. The maximum Gasteiger partial charge on any atom is 0.248 e. The maximum atomic E-state index is 12.0. The van der Waals surface area contributed by atoms with Crippen LogP contribution in [-0.4, -0.2) is 49.8 Å². The van der Waals surface area contributed by atoms with Gasteiger partial charge in [0.05, 0.1) is 18.7 Å². The number of pyridine rings is 1. The number of carbonyl (C=O) groups is 1. The van der Waals surface area contributed by atoms with E-state index in [-0.39, 0.29) is 12.5 Å². The molecule has 1 amide bonds. The number of carbonyl (C=O) groups excluding carboxylic acids is 1. The molecular weight excluding hydrogens is 268 g/mol. The molecule has 0 radical (unpaired) electrons. The van der Waals surface area contributed by atoms with Crippen molar-refractivity contribution in [3.05, 3.63) is 42.1 Å². The maximum absolute atomic E-state index is 12.0. The van der Waals surface area contributed by atoms with Crippen LogP contribution in [0.3, 0.4) is 0 Å². The van der Waals surface area contributed by atoms with E-state index in [9.17, 15) is 4.79 Å². The van der Waals surface area contributed by atoms with Gasteiger partial charge in [0.25, 0.3) is 0 Å². The Hall–Kier alpha value is -1.98. The molecule has 0 N–H and O–H groups in total. The first-order chi connectivity index (χ1) is 10.2. The fourth-order valence-corrected chi connectivity index (χ4v) is 2.06. The summed E-state index contributed by atoms with van der Waals surface area (Å²) in [5.41, 5.74) is 2.01. The minimum atomic E-state index is -0.0491. The number of ether oxygens (including phenoxy) is 2. The van der Waals surface area contributed by atoms with Crippen LogP contribution in [-0.2, 0) is 20.8 Å². The number of amides is 1. The molecule has 0 spiro atoms. The Kier molecular flexibility index (Phi) is 5.66. The van der Waals surface area contributed by atoms with Crippen molar-refractivity contribution in [1.82, 2.24) is 9.88 Å². The first-order valence-electron chi connectivity index (χ1n) is 6.85. The van der Waals surface area contributed by atoms with Gasteiger partial charge in [-0.2, -0.15) is 0 Å². The standard InChI is InChI=1S/C16H20N2O3/c1-18(16(19)12-21-10-9-20-2)11-13-5-3-7-15-14(13)6-4-8-17-15/h3-8H,9-12H2,1-2H3. The van der Waals surface area contributed by atoms with Crippen molar-refractivity contribution >= 4 is 16.8 Å². The minimum Gasteiger partial charge on any atom is -0.382 e. The molecule has 2 aromatic rings. The molecule has 1 aromatic heterocycles. The Morgan fingerprint density at radius 2 is 2.10 bits per heavy atom. The van der Waals surface area contributed by atoms with Crippen LogP contribution in [0.4, 0.5) is 0 Å². The molecule has 2 rings (SSSR count). The van der Waals surface area contributed by atoms with Crippen molar-refractivity contribution in [1.29, 1.82) is 0 Å². The van der Waals surface area contributed by atoms with Gasteiger partial charge in [-0.25, -0.2) is 0 Å². The summed E-state index contributed by atoms with van der Waals surface area (Å²) in [5, 5.41) is 1.07. The third kappa shape index (κ3) is 4.24. The summed E-state index contributed by atoms with van der Waals surface area (Å²) in [6.45, 7) is 1.53. The third-order valence-electron chi connectivity index (χ3n) is 3.23. The van der Waals surface area contributed by atoms with Crippen LogP contribution in [0.25, 0.3) is 10.9 Å². The molecule has 5 nitrogen and oxygen atoms in total. The van der Waals surface area contributed by atoms with Gasteiger partial charge in [0, 0.05) is 32.3 Å². The zero-order valence-corrected chi connectivity index (χ0v) is 12.4. The van der Waals surface area contributed by atoms with E-state index in [2.05, 4.69) is 4.98 Å². The zero-order chi connectivity index (χ0) is 15.1. The predicted octanol–water partition coefficient (Wildman–Crippen LogP) is 1.86. The van der Waals surface area contributed by atoms with Crippen molar-refractivity contribution in [3.63, 3.8) is 0 Å². The topological polar surface area (TPSA) is 51.7 Å². The average Bonchev–Trinajstić information content (AvgIpc) is 2.51. The summed E-state index contributed by atoms with van der Waals surface area (Å²) >= 11 is 0. The fourth-order valence-electron chi connectivity index (χ4n) is 2.06. The summed E-state index contributed by atoms with van der Waals surface area (Å²) in [5.74, 6) is -0.0491. The number of methoxy groups -OCH3 is 1. The first-order valence-corrected chi connectivity index (χ1v) is 6.85. The minimum absolute atomic E-state index is 0.0491. The van der Waals surface area contributed by atoms with Crippen LogP contribution in [0.2, 0.25) is 0 Å². The summed E-state index contributed by atoms with van der Waals surface area (Å²) in [4.78, 5) is 18.0. The van der Waals surface area contributed by atoms with Gasteiger partial charge >= 0.3 is 0 Å². The van der Waals surface area contributed by atoms with E-state index >= 15 is 0 Å². The lowest BCUT2D eigenvalue weighted by molar-refractivity contribution is -0.135. The van der Waals surface area contributed by atoms with Gasteiger partial charge in [-0.1, -0.05) is 18.2 Å². The van der Waals surface area contributed by atoms with E-state index in [4.69, 9.17) is 9.47 Å². The molecule has 1 aromatic carbocycles. The number of aromatic nitrogens is 1. The average molecular weight is 288 g/mol. The largest absolute Gasteiger partial charge is 0.382 e. The molecule has 0 saturated heterocycles. The number of likely N-dealkylation sites (N-methyl/N-ethyl adjacent to an activating group) is 1. The number of hydrogen-bond donors (Lipinski definition) is 0. The van der Waals surface area contributed by atoms with Gasteiger partial charge in [-0.3, -0.25) is 9.78 Å². The number of fused-ring (bicyclic) bond motifs is 1. The van der Waals surface area contributed by atoms with Gasteiger partial charge < -0.3 is 14.4 Å². The van der Waals surface area contributed by atoms with Crippen LogP contribution in [0.15, 0.2) is 36.5 Å². The van der Waals surface area contributed by atoms with Gasteiger partial charge in [0.2, 0.25) is 5.91 Å². The lowest BCUT2D eigenvalue weighted by atomic mass is 10.1. The van der Waals surface area contributed by atoms with E-state index in [0.29, 0.717) is 19.8 Å². The normalized spacial score (nSPS) is 10.8. The molecule has 0 aliphatic heterocycles. The Bertz CT molecular complexity index is 596. The van der Waals surface area contributed by atoms with Crippen molar-refractivity contribution in [2.45, 2.75) is 6.54 Å². The predicted molar refractivity (Wildman–Crippen MR) is 80.9 cm³/mol. The highest BCUT2D eigenvalue weighted by Gasteiger charge is 2.11. The van der Waals surface area contributed by atoms with Crippen molar-refractivity contribution in [3.8, 4) is 0 Å². The lowest BCUT2D eigenvalue weighted by Gasteiger charge is -2.18. The smallest absolute Gasteiger partial charge is 0.248 e. The second-order valence-electron chi connectivity index (χ2n) is 4.78. The number of benzene rings is 1. The molecular formula is C16H20N2O3. The molecule has 1 heterocycles. The Labute approximate surface area is 124 Å².